The van der Waals surface area contributed by atoms with E-state index in [1.165, 1.54) is 13.2 Å². The van der Waals surface area contributed by atoms with E-state index in [9.17, 15) is 4.21 Å². The topological polar surface area (TPSA) is 72.5 Å². The van der Waals surface area contributed by atoms with Crippen LogP contribution >= 0.6 is 0 Å². The van der Waals surface area contributed by atoms with Gasteiger partial charge in [-0.2, -0.15) is 0 Å². The van der Waals surface area contributed by atoms with Crippen molar-refractivity contribution in [3.05, 3.63) is 18.2 Å². The van der Waals surface area contributed by atoms with Gasteiger partial charge in [-0.05, 0) is 18.2 Å². The third-order valence-electron chi connectivity index (χ3n) is 1.38. The monoisotopic (exact) mass is 187 g/mol. The molecule has 0 amide bonds. The van der Waals surface area contributed by atoms with Gasteiger partial charge in [0.1, 0.15) is 10.6 Å². The van der Waals surface area contributed by atoms with Gasteiger partial charge < -0.3 is 15.0 Å². The van der Waals surface area contributed by atoms with E-state index in [0.29, 0.717) is 11.4 Å². The van der Waals surface area contributed by atoms with Crippen LogP contribution in [0.5, 0.6) is 5.75 Å². The predicted molar refractivity (Wildman–Crippen MR) is 46.4 cm³/mol. The molecule has 12 heavy (non-hydrogen) atoms. The van der Waals surface area contributed by atoms with Crippen molar-refractivity contribution in [2.75, 3.05) is 12.8 Å². The molecule has 5 heteroatoms. The van der Waals surface area contributed by atoms with Crippen molar-refractivity contribution >= 4 is 16.8 Å². The molecule has 0 aliphatic carbocycles. The van der Waals surface area contributed by atoms with Crippen molar-refractivity contribution in [3.63, 3.8) is 0 Å². The third-order valence-corrected chi connectivity index (χ3v) is 2.07. The van der Waals surface area contributed by atoms with E-state index in [4.69, 9.17) is 15.0 Å². The lowest BCUT2D eigenvalue weighted by molar-refractivity contribution is 0.402. The van der Waals surface area contributed by atoms with Gasteiger partial charge in [0.15, 0.2) is 11.1 Å². The van der Waals surface area contributed by atoms with Crippen molar-refractivity contribution in [2.45, 2.75) is 4.90 Å². The molecule has 0 radical (unpaired) electrons. The summed E-state index contributed by atoms with van der Waals surface area (Å²) < 4.78 is 24.4. The number of benzene rings is 1. The molecule has 3 N–H and O–H groups in total. The molecule has 0 bridgehead atoms. The summed E-state index contributed by atoms with van der Waals surface area (Å²) in [6.45, 7) is 0. The zero-order valence-electron chi connectivity index (χ0n) is 6.48. The first-order valence-electron chi connectivity index (χ1n) is 3.19. The average molecular weight is 187 g/mol. The van der Waals surface area contributed by atoms with Crippen LogP contribution in [-0.2, 0) is 11.1 Å². The minimum absolute atomic E-state index is 0.192. The molecule has 1 atom stereocenters. The third kappa shape index (κ3) is 1.75. The Labute approximate surface area is 72.6 Å². The molecule has 4 nitrogen and oxygen atoms in total. The van der Waals surface area contributed by atoms with E-state index in [2.05, 4.69) is 0 Å². The Kier molecular flexibility index (Phi) is 2.67. The highest BCUT2D eigenvalue weighted by Crippen LogP contribution is 2.23. The van der Waals surface area contributed by atoms with E-state index >= 15 is 0 Å². The zero-order chi connectivity index (χ0) is 9.14. The number of rotatable bonds is 2. The van der Waals surface area contributed by atoms with E-state index in [1.54, 1.807) is 12.1 Å². The van der Waals surface area contributed by atoms with Crippen LogP contribution < -0.4 is 10.5 Å². The van der Waals surface area contributed by atoms with Crippen LogP contribution in [0, 0.1) is 0 Å². The molecule has 0 saturated heterocycles. The first-order chi connectivity index (χ1) is 5.65. The standard InChI is InChI=1S/C7H9NO3S/c1-11-6-3-2-5(8)4-7(6)12(9)10/h2-4H,8H2,1H3,(H,9,10). The van der Waals surface area contributed by atoms with Gasteiger partial charge in [-0.15, -0.1) is 0 Å². The summed E-state index contributed by atoms with van der Waals surface area (Å²) in [7, 11) is 1.43. The highest BCUT2D eigenvalue weighted by molar-refractivity contribution is 7.79. The van der Waals surface area contributed by atoms with Crippen molar-refractivity contribution in [2.24, 2.45) is 0 Å². The maximum Gasteiger partial charge on any atom is 0.190 e. The van der Waals surface area contributed by atoms with Crippen LogP contribution in [0.4, 0.5) is 5.69 Å². The van der Waals surface area contributed by atoms with Gasteiger partial charge in [0.05, 0.1) is 7.11 Å². The molecule has 0 aliphatic heterocycles. The van der Waals surface area contributed by atoms with Crippen molar-refractivity contribution in [3.8, 4) is 5.75 Å². The Morgan fingerprint density at radius 3 is 2.75 bits per heavy atom. The second-order valence-corrected chi connectivity index (χ2v) is 3.10. The van der Waals surface area contributed by atoms with Crippen LogP contribution in [0.2, 0.25) is 0 Å². The fourth-order valence-corrected chi connectivity index (χ4v) is 1.39. The van der Waals surface area contributed by atoms with Crippen LogP contribution in [0.3, 0.4) is 0 Å². The molecule has 1 unspecified atom stereocenters. The van der Waals surface area contributed by atoms with Gasteiger partial charge in [-0.25, -0.2) is 4.21 Å². The van der Waals surface area contributed by atoms with Gasteiger partial charge in [-0.3, -0.25) is 0 Å². The van der Waals surface area contributed by atoms with Gasteiger partial charge in [0.25, 0.3) is 0 Å². The summed E-state index contributed by atoms with van der Waals surface area (Å²) in [6.07, 6.45) is 0. The molecular weight excluding hydrogens is 178 g/mol. The van der Waals surface area contributed by atoms with Gasteiger partial charge in [0, 0.05) is 5.69 Å². The first-order valence-corrected chi connectivity index (χ1v) is 4.30. The lowest BCUT2D eigenvalue weighted by atomic mass is 10.3. The lowest BCUT2D eigenvalue weighted by Gasteiger charge is -2.04. The predicted octanol–water partition coefficient (Wildman–Crippen LogP) is 0.858. The van der Waals surface area contributed by atoms with Crippen LogP contribution in [0.1, 0.15) is 0 Å². The molecule has 0 aromatic heterocycles. The summed E-state index contributed by atoms with van der Waals surface area (Å²) in [5, 5.41) is 0. The Balaban J connectivity index is 3.21. The number of hydrogen-bond donors (Lipinski definition) is 2. The molecular formula is C7H9NO3S. The number of hydrogen-bond acceptors (Lipinski definition) is 3. The SMILES string of the molecule is COc1ccc(N)cc1S(=O)O. The van der Waals surface area contributed by atoms with Crippen LogP contribution in [0.25, 0.3) is 0 Å². The van der Waals surface area contributed by atoms with E-state index in [1.807, 2.05) is 0 Å². The summed E-state index contributed by atoms with van der Waals surface area (Å²) in [4.78, 5) is 0.192. The maximum atomic E-state index is 10.7. The first kappa shape index (κ1) is 9.02. The van der Waals surface area contributed by atoms with Crippen molar-refractivity contribution in [1.29, 1.82) is 0 Å². The smallest absolute Gasteiger partial charge is 0.190 e. The Bertz CT molecular complexity index is 314. The van der Waals surface area contributed by atoms with Crippen molar-refractivity contribution < 1.29 is 13.5 Å². The second-order valence-electron chi connectivity index (χ2n) is 2.16. The van der Waals surface area contributed by atoms with Gasteiger partial charge >= 0.3 is 0 Å². The summed E-state index contributed by atoms with van der Waals surface area (Å²) >= 11 is -2.06. The highest BCUT2D eigenvalue weighted by atomic mass is 32.2. The van der Waals surface area contributed by atoms with E-state index < -0.39 is 11.1 Å². The van der Waals surface area contributed by atoms with Crippen LogP contribution in [0.15, 0.2) is 23.1 Å². The summed E-state index contributed by atoms with van der Waals surface area (Å²) in [5.74, 6) is 0.366. The normalized spacial score (nSPS) is 12.5. The minimum atomic E-state index is -2.06. The molecule has 1 aromatic rings. The lowest BCUT2D eigenvalue weighted by Crippen LogP contribution is -1.96. The quantitative estimate of drug-likeness (QED) is 0.532. The average Bonchev–Trinajstić information content (AvgIpc) is 2.04. The molecule has 66 valence electrons. The summed E-state index contributed by atoms with van der Waals surface area (Å²) in [5.41, 5.74) is 5.86. The molecule has 0 saturated carbocycles. The highest BCUT2D eigenvalue weighted by Gasteiger charge is 2.07. The molecule has 0 aliphatic rings. The number of methoxy groups -OCH3 is 1. The van der Waals surface area contributed by atoms with Gasteiger partial charge in [-0.1, -0.05) is 0 Å². The molecule has 0 fully saturated rings. The molecule has 1 aromatic carbocycles. The molecule has 1 rings (SSSR count). The Morgan fingerprint density at radius 1 is 1.58 bits per heavy atom. The maximum absolute atomic E-state index is 10.7. The number of ether oxygens (including phenoxy) is 1. The van der Waals surface area contributed by atoms with E-state index in [0.717, 1.165) is 0 Å². The number of nitrogens with two attached hydrogens (primary N) is 1. The fourth-order valence-electron chi connectivity index (χ4n) is 0.830. The van der Waals surface area contributed by atoms with Gasteiger partial charge in [0.2, 0.25) is 0 Å². The largest absolute Gasteiger partial charge is 0.495 e. The zero-order valence-corrected chi connectivity index (χ0v) is 7.30. The second kappa shape index (κ2) is 3.55. The Morgan fingerprint density at radius 2 is 2.25 bits per heavy atom. The van der Waals surface area contributed by atoms with Crippen LogP contribution in [-0.4, -0.2) is 15.9 Å². The molecule has 0 heterocycles. The molecule has 0 spiro atoms. The number of anilines is 1. The minimum Gasteiger partial charge on any atom is -0.495 e. The van der Waals surface area contributed by atoms with Crippen molar-refractivity contribution in [1.82, 2.24) is 0 Å². The number of nitrogen functional groups attached to an aromatic ring is 1. The Hall–Kier alpha value is -1.07. The van der Waals surface area contributed by atoms with E-state index in [-0.39, 0.29) is 4.90 Å². The summed E-state index contributed by atoms with van der Waals surface area (Å²) in [6, 6.07) is 4.57. The fraction of sp³-hybridized carbons (Fsp3) is 0.143.